The van der Waals surface area contributed by atoms with E-state index in [0.717, 1.165) is 5.56 Å². The molecular weight excluding hydrogens is 342 g/mol. The minimum Gasteiger partial charge on any atom is -0.444 e. The SMILES string of the molecule is CC(NC(=O)[C@H](CCc1ccccc1)NC(=O)OC(C)(C)C)O[N+](=O)[O-]. The molecule has 9 heteroatoms. The summed E-state index contributed by atoms with van der Waals surface area (Å²) in [6.07, 6.45) is -1.06. The van der Waals surface area contributed by atoms with Gasteiger partial charge in [0.05, 0.1) is 0 Å². The van der Waals surface area contributed by atoms with Crippen molar-refractivity contribution in [2.24, 2.45) is 0 Å². The van der Waals surface area contributed by atoms with Crippen LogP contribution >= 0.6 is 0 Å². The second-order valence-electron chi connectivity index (χ2n) is 6.70. The van der Waals surface area contributed by atoms with Gasteiger partial charge < -0.3 is 15.4 Å². The summed E-state index contributed by atoms with van der Waals surface area (Å²) in [5, 5.41) is 14.2. The van der Waals surface area contributed by atoms with Crippen LogP contribution in [0.4, 0.5) is 4.79 Å². The molecule has 144 valence electrons. The Kier molecular flexibility index (Phi) is 7.82. The number of carbonyl (C=O) groups is 2. The Morgan fingerprint density at radius 3 is 2.35 bits per heavy atom. The van der Waals surface area contributed by atoms with E-state index in [4.69, 9.17) is 4.74 Å². The zero-order chi connectivity index (χ0) is 19.7. The second kappa shape index (κ2) is 9.59. The fourth-order valence-electron chi connectivity index (χ4n) is 2.13. The lowest BCUT2D eigenvalue weighted by atomic mass is 10.0. The number of carbonyl (C=O) groups excluding carboxylic acids is 2. The van der Waals surface area contributed by atoms with E-state index in [-0.39, 0.29) is 0 Å². The average Bonchev–Trinajstić information content (AvgIpc) is 2.49. The molecule has 2 amide bonds. The quantitative estimate of drug-likeness (QED) is 0.413. The second-order valence-corrected chi connectivity index (χ2v) is 6.70. The molecule has 0 bridgehead atoms. The van der Waals surface area contributed by atoms with E-state index in [1.54, 1.807) is 20.8 Å². The molecule has 0 aliphatic heterocycles. The van der Waals surface area contributed by atoms with Gasteiger partial charge in [0.15, 0.2) is 6.23 Å². The Labute approximate surface area is 152 Å². The third-order valence-corrected chi connectivity index (χ3v) is 3.16. The summed E-state index contributed by atoms with van der Waals surface area (Å²) in [7, 11) is 0. The van der Waals surface area contributed by atoms with Crippen molar-refractivity contribution < 1.29 is 24.3 Å². The lowest BCUT2D eigenvalue weighted by Gasteiger charge is -2.24. The van der Waals surface area contributed by atoms with E-state index in [0.29, 0.717) is 12.8 Å². The highest BCUT2D eigenvalue weighted by Gasteiger charge is 2.25. The standard InChI is InChI=1S/C17H25N3O6/c1-12(26-20(23)24)18-15(21)14(19-16(22)25-17(2,3)4)11-10-13-8-6-5-7-9-13/h5-9,12,14H,10-11H2,1-4H3,(H,18,21)(H,19,22)/t12?,14-/m0/s1. The maximum Gasteiger partial charge on any atom is 0.408 e. The summed E-state index contributed by atoms with van der Waals surface area (Å²) in [6, 6.07) is 8.51. The Morgan fingerprint density at radius 1 is 1.19 bits per heavy atom. The fourth-order valence-corrected chi connectivity index (χ4v) is 2.13. The summed E-state index contributed by atoms with van der Waals surface area (Å²) in [6.45, 7) is 6.44. The lowest BCUT2D eigenvalue weighted by molar-refractivity contribution is -0.768. The summed E-state index contributed by atoms with van der Waals surface area (Å²) < 4.78 is 5.17. The van der Waals surface area contributed by atoms with Gasteiger partial charge in [-0.1, -0.05) is 30.3 Å². The maximum absolute atomic E-state index is 12.4. The van der Waals surface area contributed by atoms with Gasteiger partial charge in [-0.05, 0) is 46.1 Å². The Morgan fingerprint density at radius 2 is 1.81 bits per heavy atom. The Bertz CT molecular complexity index is 615. The highest BCUT2D eigenvalue weighted by atomic mass is 17.0. The molecule has 0 saturated heterocycles. The third kappa shape index (κ3) is 8.86. The average molecular weight is 367 g/mol. The van der Waals surface area contributed by atoms with Gasteiger partial charge in [-0.15, -0.1) is 10.1 Å². The Hall–Kier alpha value is -2.84. The summed E-state index contributed by atoms with van der Waals surface area (Å²) in [5.41, 5.74) is 0.276. The summed E-state index contributed by atoms with van der Waals surface area (Å²) in [4.78, 5) is 39.0. The van der Waals surface area contributed by atoms with E-state index in [2.05, 4.69) is 15.5 Å². The number of nitrogens with one attached hydrogen (secondary N) is 2. The van der Waals surface area contributed by atoms with E-state index < -0.39 is 35.0 Å². The van der Waals surface area contributed by atoms with Gasteiger partial charge in [-0.3, -0.25) is 9.63 Å². The number of ether oxygens (including phenoxy) is 1. The summed E-state index contributed by atoms with van der Waals surface area (Å²) in [5.74, 6) is -0.596. The highest BCUT2D eigenvalue weighted by Crippen LogP contribution is 2.09. The van der Waals surface area contributed by atoms with Crippen molar-refractivity contribution in [3.05, 3.63) is 46.0 Å². The first-order valence-corrected chi connectivity index (χ1v) is 8.22. The molecule has 2 atom stereocenters. The molecule has 1 rings (SSSR count). The fraction of sp³-hybridized carbons (Fsp3) is 0.529. The van der Waals surface area contributed by atoms with Crippen LogP contribution in [0.25, 0.3) is 0 Å². The molecule has 0 spiro atoms. The molecule has 0 saturated carbocycles. The van der Waals surface area contributed by atoms with Gasteiger partial charge in [-0.2, -0.15) is 0 Å². The number of alkyl carbamates (subject to hydrolysis) is 1. The number of rotatable bonds is 8. The molecule has 0 fully saturated rings. The van der Waals surface area contributed by atoms with Gasteiger partial charge in [0.1, 0.15) is 11.6 Å². The predicted molar refractivity (Wildman–Crippen MR) is 93.6 cm³/mol. The zero-order valence-electron chi connectivity index (χ0n) is 15.4. The van der Waals surface area contributed by atoms with Crippen LogP contribution in [0.5, 0.6) is 0 Å². The van der Waals surface area contributed by atoms with E-state index in [1.807, 2.05) is 30.3 Å². The summed E-state index contributed by atoms with van der Waals surface area (Å²) >= 11 is 0. The molecule has 0 heterocycles. The highest BCUT2D eigenvalue weighted by molar-refractivity contribution is 5.85. The minimum absolute atomic E-state index is 0.292. The van der Waals surface area contributed by atoms with Crippen LogP contribution in [-0.4, -0.2) is 35.0 Å². The van der Waals surface area contributed by atoms with Crippen molar-refractivity contribution in [1.29, 1.82) is 0 Å². The van der Waals surface area contributed by atoms with Crippen LogP contribution < -0.4 is 10.6 Å². The van der Waals surface area contributed by atoms with Crippen LogP contribution in [-0.2, 0) is 20.8 Å². The van der Waals surface area contributed by atoms with Gasteiger partial charge in [-0.25, -0.2) is 4.79 Å². The largest absolute Gasteiger partial charge is 0.444 e. The normalized spacial score (nSPS) is 13.2. The molecule has 1 unspecified atom stereocenters. The lowest BCUT2D eigenvalue weighted by Crippen LogP contribution is -2.51. The van der Waals surface area contributed by atoms with Crippen LogP contribution in [0.3, 0.4) is 0 Å². The topological polar surface area (TPSA) is 120 Å². The van der Waals surface area contributed by atoms with Crippen molar-refractivity contribution in [2.75, 3.05) is 0 Å². The van der Waals surface area contributed by atoms with Crippen molar-refractivity contribution >= 4 is 12.0 Å². The number of amides is 2. The van der Waals surface area contributed by atoms with Crippen molar-refractivity contribution in [3.63, 3.8) is 0 Å². The van der Waals surface area contributed by atoms with Gasteiger partial charge in [0, 0.05) is 0 Å². The van der Waals surface area contributed by atoms with E-state index >= 15 is 0 Å². The van der Waals surface area contributed by atoms with Crippen LogP contribution in [0.2, 0.25) is 0 Å². The maximum atomic E-state index is 12.4. The molecular formula is C17H25N3O6. The molecule has 1 aromatic rings. The molecule has 0 aliphatic carbocycles. The first-order chi connectivity index (χ1) is 12.1. The number of aryl methyl sites for hydroxylation is 1. The van der Waals surface area contributed by atoms with E-state index in [1.165, 1.54) is 6.92 Å². The third-order valence-electron chi connectivity index (χ3n) is 3.16. The smallest absolute Gasteiger partial charge is 0.408 e. The van der Waals surface area contributed by atoms with Gasteiger partial charge in [0.25, 0.3) is 5.09 Å². The van der Waals surface area contributed by atoms with Crippen LogP contribution in [0.1, 0.15) is 39.7 Å². The zero-order valence-corrected chi connectivity index (χ0v) is 15.4. The number of hydrogen-bond acceptors (Lipinski definition) is 6. The minimum atomic E-state index is -1.14. The molecule has 9 nitrogen and oxygen atoms in total. The number of nitrogens with zero attached hydrogens (tertiary/aromatic N) is 1. The number of benzene rings is 1. The first-order valence-electron chi connectivity index (χ1n) is 8.22. The van der Waals surface area contributed by atoms with Crippen molar-refractivity contribution in [2.45, 2.75) is 58.4 Å². The van der Waals surface area contributed by atoms with Crippen molar-refractivity contribution in [1.82, 2.24) is 10.6 Å². The molecule has 0 aliphatic rings. The van der Waals surface area contributed by atoms with Gasteiger partial charge in [0.2, 0.25) is 5.91 Å². The molecule has 0 radical (unpaired) electrons. The number of hydrogen-bond donors (Lipinski definition) is 2. The molecule has 26 heavy (non-hydrogen) atoms. The first kappa shape index (κ1) is 21.2. The van der Waals surface area contributed by atoms with Crippen LogP contribution in [0, 0.1) is 10.1 Å². The molecule has 2 N–H and O–H groups in total. The molecule has 1 aromatic carbocycles. The monoisotopic (exact) mass is 367 g/mol. The van der Waals surface area contributed by atoms with Crippen molar-refractivity contribution in [3.8, 4) is 0 Å². The Balaban J connectivity index is 2.74. The van der Waals surface area contributed by atoms with Crippen LogP contribution in [0.15, 0.2) is 30.3 Å². The van der Waals surface area contributed by atoms with Gasteiger partial charge >= 0.3 is 6.09 Å². The molecule has 0 aromatic heterocycles. The predicted octanol–water partition coefficient (Wildman–Crippen LogP) is 2.18. The van der Waals surface area contributed by atoms with E-state index in [9.17, 15) is 19.7 Å².